The van der Waals surface area contributed by atoms with Gasteiger partial charge in [-0.3, -0.25) is 4.79 Å². The Labute approximate surface area is 152 Å². The molecular weight excluding hydrogens is 324 g/mol. The van der Waals surface area contributed by atoms with Crippen LogP contribution in [-0.2, 0) is 11.2 Å². The van der Waals surface area contributed by atoms with Crippen LogP contribution in [0, 0.1) is 11.3 Å². The maximum absolute atomic E-state index is 12.1. The number of carbonyl (C=O) groups excluding carboxylic acids is 1. The first-order valence-corrected chi connectivity index (χ1v) is 8.29. The molecule has 0 unspecified atom stereocenters. The van der Waals surface area contributed by atoms with Crippen molar-refractivity contribution in [1.29, 1.82) is 5.26 Å². The van der Waals surface area contributed by atoms with Gasteiger partial charge in [0.25, 0.3) is 5.91 Å². The van der Waals surface area contributed by atoms with Crippen LogP contribution in [0.15, 0.2) is 78.9 Å². The Morgan fingerprint density at radius 3 is 2.35 bits per heavy atom. The molecule has 0 saturated carbocycles. The van der Waals surface area contributed by atoms with Gasteiger partial charge in [-0.1, -0.05) is 48.5 Å². The molecule has 0 spiro atoms. The van der Waals surface area contributed by atoms with Crippen LogP contribution in [0.3, 0.4) is 0 Å². The Bertz CT molecular complexity index is 913. The largest absolute Gasteiger partial charge is 0.483 e. The zero-order valence-corrected chi connectivity index (χ0v) is 14.2. The van der Waals surface area contributed by atoms with Crippen LogP contribution in [0.1, 0.15) is 16.7 Å². The summed E-state index contributed by atoms with van der Waals surface area (Å²) < 4.78 is 5.72. The maximum Gasteiger partial charge on any atom is 0.262 e. The van der Waals surface area contributed by atoms with Crippen molar-refractivity contribution in [3.8, 4) is 11.8 Å². The summed E-state index contributed by atoms with van der Waals surface area (Å²) in [5.41, 5.74) is 3.40. The number of para-hydroxylation sites is 1. The van der Waals surface area contributed by atoms with E-state index in [1.807, 2.05) is 48.5 Å². The lowest BCUT2D eigenvalue weighted by molar-refractivity contribution is -0.118. The van der Waals surface area contributed by atoms with Gasteiger partial charge in [0.15, 0.2) is 6.61 Å². The molecule has 0 aromatic heterocycles. The Hall–Kier alpha value is -3.58. The molecule has 3 aromatic rings. The number of benzene rings is 3. The molecule has 3 rings (SSSR count). The van der Waals surface area contributed by atoms with E-state index in [4.69, 9.17) is 10.00 Å². The number of hydrogen-bond donors (Lipinski definition) is 1. The van der Waals surface area contributed by atoms with E-state index in [9.17, 15) is 4.79 Å². The Balaban J connectivity index is 1.60. The first-order chi connectivity index (χ1) is 12.7. The third kappa shape index (κ3) is 4.71. The van der Waals surface area contributed by atoms with Gasteiger partial charge in [-0.2, -0.15) is 5.26 Å². The van der Waals surface area contributed by atoms with Gasteiger partial charge in [0, 0.05) is 12.1 Å². The van der Waals surface area contributed by atoms with E-state index in [1.165, 1.54) is 5.56 Å². The minimum Gasteiger partial charge on any atom is -0.483 e. The summed E-state index contributed by atoms with van der Waals surface area (Å²) in [5.74, 6) is 0.454. The van der Waals surface area contributed by atoms with Crippen LogP contribution in [0.2, 0.25) is 0 Å². The highest BCUT2D eigenvalue weighted by atomic mass is 16.5. The van der Waals surface area contributed by atoms with Crippen molar-refractivity contribution >= 4 is 11.6 Å². The third-order valence-corrected chi connectivity index (χ3v) is 3.87. The summed E-state index contributed by atoms with van der Waals surface area (Å²) in [7, 11) is 0. The topological polar surface area (TPSA) is 62.1 Å². The van der Waals surface area contributed by atoms with Crippen LogP contribution in [0.25, 0.3) is 0 Å². The maximum atomic E-state index is 12.1. The number of anilines is 1. The highest BCUT2D eigenvalue weighted by molar-refractivity contribution is 5.91. The van der Waals surface area contributed by atoms with Gasteiger partial charge < -0.3 is 10.1 Å². The van der Waals surface area contributed by atoms with Gasteiger partial charge in [-0.15, -0.1) is 0 Å². The van der Waals surface area contributed by atoms with E-state index in [0.29, 0.717) is 17.0 Å². The SMILES string of the molecule is N#Cc1ccc(NC(=O)COc2ccccc2Cc2ccccc2)cc1. The molecule has 0 radical (unpaired) electrons. The number of carbonyl (C=O) groups is 1. The molecular formula is C22H18N2O2. The molecule has 0 aliphatic heterocycles. The fraction of sp³-hybridized carbons (Fsp3) is 0.0909. The van der Waals surface area contributed by atoms with Crippen molar-refractivity contribution in [3.05, 3.63) is 95.6 Å². The molecule has 128 valence electrons. The number of nitriles is 1. The standard InChI is InChI=1S/C22H18N2O2/c23-15-18-10-12-20(13-11-18)24-22(25)16-26-21-9-5-4-8-19(21)14-17-6-2-1-3-7-17/h1-13H,14,16H2,(H,24,25). The molecule has 3 aromatic carbocycles. The van der Waals surface area contributed by atoms with E-state index >= 15 is 0 Å². The van der Waals surface area contributed by atoms with Gasteiger partial charge in [-0.05, 0) is 41.5 Å². The minimum atomic E-state index is -0.246. The van der Waals surface area contributed by atoms with E-state index in [0.717, 1.165) is 12.0 Å². The van der Waals surface area contributed by atoms with Crippen LogP contribution in [-0.4, -0.2) is 12.5 Å². The second-order valence-electron chi connectivity index (χ2n) is 5.80. The van der Waals surface area contributed by atoms with Crippen molar-refractivity contribution in [2.75, 3.05) is 11.9 Å². The Morgan fingerprint density at radius 1 is 0.923 bits per heavy atom. The van der Waals surface area contributed by atoms with Gasteiger partial charge in [-0.25, -0.2) is 0 Å². The first kappa shape index (κ1) is 17.2. The number of nitrogens with zero attached hydrogens (tertiary/aromatic N) is 1. The molecule has 1 N–H and O–H groups in total. The van der Waals surface area contributed by atoms with Gasteiger partial charge in [0.1, 0.15) is 5.75 Å². The Kier molecular flexibility index (Phi) is 5.64. The number of hydrogen-bond acceptors (Lipinski definition) is 3. The number of ether oxygens (including phenoxy) is 1. The zero-order valence-electron chi connectivity index (χ0n) is 14.2. The van der Waals surface area contributed by atoms with Crippen molar-refractivity contribution < 1.29 is 9.53 Å². The lowest BCUT2D eigenvalue weighted by Gasteiger charge is -2.12. The summed E-state index contributed by atoms with van der Waals surface area (Å²) in [4.78, 5) is 12.1. The molecule has 4 heteroatoms. The van der Waals surface area contributed by atoms with Crippen LogP contribution in [0.4, 0.5) is 5.69 Å². The first-order valence-electron chi connectivity index (χ1n) is 8.29. The lowest BCUT2D eigenvalue weighted by Crippen LogP contribution is -2.20. The number of amides is 1. The van der Waals surface area contributed by atoms with Gasteiger partial charge in [0.05, 0.1) is 11.6 Å². The summed E-state index contributed by atoms with van der Waals surface area (Å²) in [6, 6.07) is 26.6. The predicted molar refractivity (Wildman–Crippen MR) is 101 cm³/mol. The number of rotatable bonds is 6. The van der Waals surface area contributed by atoms with Crippen LogP contribution >= 0.6 is 0 Å². The van der Waals surface area contributed by atoms with Crippen molar-refractivity contribution in [3.63, 3.8) is 0 Å². The minimum absolute atomic E-state index is 0.0776. The molecule has 0 saturated heterocycles. The highest BCUT2D eigenvalue weighted by Crippen LogP contribution is 2.21. The molecule has 26 heavy (non-hydrogen) atoms. The molecule has 0 aliphatic rings. The van der Waals surface area contributed by atoms with Crippen LogP contribution < -0.4 is 10.1 Å². The van der Waals surface area contributed by atoms with Crippen molar-refractivity contribution in [2.45, 2.75) is 6.42 Å². The predicted octanol–water partition coefficient (Wildman–Crippen LogP) is 4.17. The second kappa shape index (κ2) is 8.50. The van der Waals surface area contributed by atoms with Crippen molar-refractivity contribution in [2.24, 2.45) is 0 Å². The summed E-state index contributed by atoms with van der Waals surface area (Å²) in [6.45, 7) is -0.0776. The normalized spacial score (nSPS) is 9.96. The van der Waals surface area contributed by atoms with Gasteiger partial charge in [0.2, 0.25) is 0 Å². The molecule has 1 amide bonds. The molecule has 0 fully saturated rings. The van der Waals surface area contributed by atoms with E-state index in [1.54, 1.807) is 24.3 Å². The second-order valence-corrected chi connectivity index (χ2v) is 5.80. The molecule has 0 bridgehead atoms. The van der Waals surface area contributed by atoms with E-state index < -0.39 is 0 Å². The summed E-state index contributed by atoms with van der Waals surface area (Å²) >= 11 is 0. The van der Waals surface area contributed by atoms with Crippen molar-refractivity contribution in [1.82, 2.24) is 0 Å². The quantitative estimate of drug-likeness (QED) is 0.731. The molecule has 0 atom stereocenters. The molecule has 0 aliphatic carbocycles. The fourth-order valence-electron chi connectivity index (χ4n) is 2.57. The monoisotopic (exact) mass is 342 g/mol. The smallest absolute Gasteiger partial charge is 0.262 e. The average molecular weight is 342 g/mol. The van der Waals surface area contributed by atoms with E-state index in [-0.39, 0.29) is 12.5 Å². The molecule has 4 nitrogen and oxygen atoms in total. The third-order valence-electron chi connectivity index (χ3n) is 3.87. The highest BCUT2D eigenvalue weighted by Gasteiger charge is 2.08. The van der Waals surface area contributed by atoms with Gasteiger partial charge >= 0.3 is 0 Å². The van der Waals surface area contributed by atoms with Crippen LogP contribution in [0.5, 0.6) is 5.75 Å². The molecule has 0 heterocycles. The summed E-state index contributed by atoms with van der Waals surface area (Å²) in [5, 5.41) is 11.6. The average Bonchev–Trinajstić information content (AvgIpc) is 2.69. The lowest BCUT2D eigenvalue weighted by atomic mass is 10.0. The fourth-order valence-corrected chi connectivity index (χ4v) is 2.57. The van der Waals surface area contributed by atoms with E-state index in [2.05, 4.69) is 17.4 Å². The summed E-state index contributed by atoms with van der Waals surface area (Å²) in [6.07, 6.45) is 0.744. The zero-order chi connectivity index (χ0) is 18.2. The Morgan fingerprint density at radius 2 is 1.62 bits per heavy atom. The number of nitrogens with one attached hydrogen (secondary N) is 1.